The second-order valence-corrected chi connectivity index (χ2v) is 7.80. The molecule has 28 heavy (non-hydrogen) atoms. The van der Waals surface area contributed by atoms with Crippen molar-refractivity contribution >= 4 is 18.8 Å². The molecule has 0 bridgehead atoms. The Morgan fingerprint density at radius 3 is 2.61 bits per heavy atom. The zero-order valence-electron chi connectivity index (χ0n) is 17.5. The lowest BCUT2D eigenvalue weighted by atomic mass is 9.82. The second-order valence-electron chi connectivity index (χ2n) is 7.80. The summed E-state index contributed by atoms with van der Waals surface area (Å²) in [6.07, 6.45) is 4.80. The van der Waals surface area contributed by atoms with Gasteiger partial charge in [0.25, 0.3) is 0 Å². The normalized spacial score (nSPS) is 22.3. The summed E-state index contributed by atoms with van der Waals surface area (Å²) in [4.78, 5) is 27.7. The molecule has 3 rings (SSSR count). The van der Waals surface area contributed by atoms with Crippen LogP contribution in [0.2, 0.25) is 6.82 Å². The van der Waals surface area contributed by atoms with Gasteiger partial charge in [-0.2, -0.15) is 0 Å². The van der Waals surface area contributed by atoms with Crippen LogP contribution in [-0.4, -0.2) is 89.6 Å². The highest BCUT2D eigenvalue weighted by atomic mass is 16.5. The van der Waals surface area contributed by atoms with Crippen LogP contribution in [0, 0.1) is 6.92 Å². The average Bonchev–Trinajstić information content (AvgIpc) is 2.72. The lowest BCUT2D eigenvalue weighted by molar-refractivity contribution is 0.0593. The zero-order valence-corrected chi connectivity index (χ0v) is 17.5. The Hall–Kier alpha value is -1.71. The number of nitrogens with zero attached hydrogens (tertiary/aromatic N) is 5. The van der Waals surface area contributed by atoms with E-state index in [1.807, 2.05) is 13.7 Å². The van der Waals surface area contributed by atoms with Crippen LogP contribution in [0.5, 0.6) is 0 Å². The topological polar surface area (TPSA) is 82.0 Å². The van der Waals surface area contributed by atoms with Gasteiger partial charge in [-0.25, -0.2) is 14.8 Å². The first-order valence-electron chi connectivity index (χ1n) is 10.3. The summed E-state index contributed by atoms with van der Waals surface area (Å²) >= 11 is 0. The zero-order chi connectivity index (χ0) is 20.3. The molecule has 8 nitrogen and oxygen atoms in total. The van der Waals surface area contributed by atoms with Crippen LogP contribution in [0.3, 0.4) is 0 Å². The minimum atomic E-state index is -0.457. The molecule has 1 aromatic rings. The molecule has 0 spiro atoms. The third-order valence-corrected chi connectivity index (χ3v) is 6.11. The van der Waals surface area contributed by atoms with Crippen molar-refractivity contribution in [2.45, 2.75) is 52.0 Å². The molecule has 2 fully saturated rings. The Morgan fingerprint density at radius 2 is 2.04 bits per heavy atom. The standard InChI is InChI=1S/C19H32BN5O3/c1-5-15-13-23(18-14(2)22-17(12-21-18)19(26)28-4)10-11-25(15)16-6-8-24(9-7-16)20(3)27/h12,15-16,27H,5-11,13H2,1-4H3/t15-/m0/s1. The van der Waals surface area contributed by atoms with Gasteiger partial charge in [0.1, 0.15) is 5.82 Å². The SMILES string of the molecule is CC[C@H]1CN(c2ncc(C(=O)OC)nc2C)CCN1C1CCN(B(C)O)CC1. The molecule has 1 atom stereocenters. The third-order valence-electron chi connectivity index (χ3n) is 6.11. The molecule has 1 aromatic heterocycles. The van der Waals surface area contributed by atoms with Crippen molar-refractivity contribution in [1.82, 2.24) is 19.7 Å². The summed E-state index contributed by atoms with van der Waals surface area (Å²) in [7, 11) is 0.999. The van der Waals surface area contributed by atoms with Crippen molar-refractivity contribution in [3.63, 3.8) is 0 Å². The molecule has 0 aliphatic carbocycles. The highest BCUT2D eigenvalue weighted by molar-refractivity contribution is 6.45. The second kappa shape index (κ2) is 9.20. The quantitative estimate of drug-likeness (QED) is 0.591. The molecule has 3 heterocycles. The number of carbonyl (C=O) groups is 1. The highest BCUT2D eigenvalue weighted by Crippen LogP contribution is 2.26. The van der Waals surface area contributed by atoms with E-state index in [9.17, 15) is 9.82 Å². The number of carbonyl (C=O) groups excluding carboxylic acids is 1. The Labute approximate surface area is 168 Å². The van der Waals surface area contributed by atoms with E-state index >= 15 is 0 Å². The largest absolute Gasteiger partial charge is 0.464 e. The minimum absolute atomic E-state index is 0.249. The smallest absolute Gasteiger partial charge is 0.376 e. The number of methoxy groups -OCH3 is 1. The predicted molar refractivity (Wildman–Crippen MR) is 110 cm³/mol. The lowest BCUT2D eigenvalue weighted by Crippen LogP contribution is -2.59. The number of hydrogen-bond acceptors (Lipinski definition) is 8. The van der Waals surface area contributed by atoms with E-state index in [0.29, 0.717) is 12.1 Å². The van der Waals surface area contributed by atoms with Crippen LogP contribution >= 0.6 is 0 Å². The van der Waals surface area contributed by atoms with Crippen LogP contribution in [-0.2, 0) is 4.74 Å². The van der Waals surface area contributed by atoms with Crippen molar-refractivity contribution in [3.05, 3.63) is 17.6 Å². The molecule has 2 saturated heterocycles. The number of hydrogen-bond donors (Lipinski definition) is 1. The number of piperidine rings is 1. The van der Waals surface area contributed by atoms with Gasteiger partial charge in [0.2, 0.25) is 0 Å². The fraction of sp³-hybridized carbons (Fsp3) is 0.737. The van der Waals surface area contributed by atoms with Crippen LogP contribution in [0.4, 0.5) is 5.82 Å². The van der Waals surface area contributed by atoms with Crippen LogP contribution in [0.1, 0.15) is 42.4 Å². The summed E-state index contributed by atoms with van der Waals surface area (Å²) in [5, 5.41) is 9.79. The molecule has 2 aliphatic heterocycles. The fourth-order valence-electron chi connectivity index (χ4n) is 4.49. The number of piperazine rings is 1. The third kappa shape index (κ3) is 4.47. The van der Waals surface area contributed by atoms with E-state index in [1.54, 1.807) is 0 Å². The minimum Gasteiger partial charge on any atom is -0.464 e. The number of aryl methyl sites for hydroxylation is 1. The van der Waals surface area contributed by atoms with Crippen molar-refractivity contribution in [3.8, 4) is 0 Å². The van der Waals surface area contributed by atoms with Gasteiger partial charge in [-0.15, -0.1) is 0 Å². The molecule has 0 aromatic carbocycles. The van der Waals surface area contributed by atoms with Crippen LogP contribution in [0.25, 0.3) is 0 Å². The molecule has 9 heteroatoms. The van der Waals surface area contributed by atoms with Gasteiger partial charge in [0.15, 0.2) is 5.69 Å². The Morgan fingerprint density at radius 1 is 1.32 bits per heavy atom. The van der Waals surface area contributed by atoms with E-state index in [2.05, 4.69) is 31.5 Å². The first-order valence-corrected chi connectivity index (χ1v) is 10.3. The molecule has 0 radical (unpaired) electrons. The Kier molecular flexibility index (Phi) is 6.90. The molecule has 0 amide bonds. The van der Waals surface area contributed by atoms with E-state index in [-0.39, 0.29) is 12.7 Å². The maximum atomic E-state index is 11.7. The average molecular weight is 389 g/mol. The van der Waals surface area contributed by atoms with Gasteiger partial charge in [0.05, 0.1) is 19.0 Å². The highest BCUT2D eigenvalue weighted by Gasteiger charge is 2.34. The maximum Gasteiger partial charge on any atom is 0.376 e. The molecular weight excluding hydrogens is 357 g/mol. The summed E-state index contributed by atoms with van der Waals surface area (Å²) in [6, 6.07) is 1.05. The van der Waals surface area contributed by atoms with E-state index in [4.69, 9.17) is 4.74 Å². The van der Waals surface area contributed by atoms with Gasteiger partial charge < -0.3 is 19.5 Å². The number of anilines is 1. The molecule has 0 unspecified atom stereocenters. The van der Waals surface area contributed by atoms with Crippen molar-refractivity contribution in [2.24, 2.45) is 0 Å². The number of rotatable bonds is 5. The molecular formula is C19H32BN5O3. The summed E-state index contributed by atoms with van der Waals surface area (Å²) in [5.74, 6) is 0.400. The van der Waals surface area contributed by atoms with E-state index in [0.717, 1.165) is 63.5 Å². The fourth-order valence-corrected chi connectivity index (χ4v) is 4.49. The van der Waals surface area contributed by atoms with Gasteiger partial charge in [0, 0.05) is 31.7 Å². The van der Waals surface area contributed by atoms with Gasteiger partial charge in [-0.3, -0.25) is 4.90 Å². The number of esters is 1. The maximum absolute atomic E-state index is 11.7. The van der Waals surface area contributed by atoms with E-state index < -0.39 is 5.97 Å². The molecule has 2 aliphatic rings. The van der Waals surface area contributed by atoms with Crippen molar-refractivity contribution in [2.75, 3.05) is 44.7 Å². The monoisotopic (exact) mass is 389 g/mol. The number of aromatic nitrogens is 2. The molecule has 1 N–H and O–H groups in total. The van der Waals surface area contributed by atoms with Crippen LogP contribution < -0.4 is 4.90 Å². The van der Waals surface area contributed by atoms with Gasteiger partial charge in [-0.1, -0.05) is 6.92 Å². The Balaban J connectivity index is 1.65. The van der Waals surface area contributed by atoms with Crippen molar-refractivity contribution < 1.29 is 14.6 Å². The summed E-state index contributed by atoms with van der Waals surface area (Å²) in [6.45, 7) is 10.7. The molecule has 154 valence electrons. The first kappa shape index (κ1) is 21.0. The van der Waals surface area contributed by atoms with Gasteiger partial charge >= 0.3 is 13.0 Å². The number of ether oxygens (including phenoxy) is 1. The van der Waals surface area contributed by atoms with E-state index in [1.165, 1.54) is 13.3 Å². The molecule has 0 saturated carbocycles. The summed E-state index contributed by atoms with van der Waals surface area (Å²) < 4.78 is 4.73. The Bertz CT molecular complexity index is 682. The predicted octanol–water partition coefficient (Wildman–Crippen LogP) is 1.05. The lowest BCUT2D eigenvalue weighted by Gasteiger charge is -2.48. The first-order chi connectivity index (χ1) is 13.4. The van der Waals surface area contributed by atoms with Gasteiger partial charge in [-0.05, 0) is 46.1 Å². The van der Waals surface area contributed by atoms with Crippen LogP contribution in [0.15, 0.2) is 6.20 Å². The summed E-state index contributed by atoms with van der Waals surface area (Å²) in [5.41, 5.74) is 1.01. The van der Waals surface area contributed by atoms with Crippen molar-refractivity contribution in [1.29, 1.82) is 0 Å².